The summed E-state index contributed by atoms with van der Waals surface area (Å²) in [5.74, 6) is 1.01. The minimum atomic E-state index is -0.293. The van der Waals surface area contributed by atoms with Gasteiger partial charge in [0.15, 0.2) is 0 Å². The number of aryl methyl sites for hydroxylation is 1. The summed E-state index contributed by atoms with van der Waals surface area (Å²) in [4.78, 5) is 25.5. The Labute approximate surface area is 134 Å². The van der Waals surface area contributed by atoms with E-state index < -0.39 is 0 Å². The lowest BCUT2D eigenvalue weighted by atomic mass is 10.2. The Morgan fingerprint density at radius 1 is 1.35 bits per heavy atom. The van der Waals surface area contributed by atoms with Crippen molar-refractivity contribution in [1.29, 1.82) is 0 Å². The molecule has 0 bridgehead atoms. The molecule has 0 aliphatic rings. The van der Waals surface area contributed by atoms with E-state index in [0.717, 1.165) is 11.5 Å². The molecule has 0 unspecified atom stereocenters. The predicted octanol–water partition coefficient (Wildman–Crippen LogP) is 0.765. The standard InChI is InChI=1S/C15H20N4O4/c1-10-16-8-11(17-10)9-19(6-7-20)15(21)12-4-5-13(22-2)18-14(12)23-3/h4-5,8,20H,6-7,9H2,1-3H3,(H,16,17). The monoisotopic (exact) mass is 320 g/mol. The molecule has 0 spiro atoms. The predicted molar refractivity (Wildman–Crippen MR) is 82.5 cm³/mol. The van der Waals surface area contributed by atoms with Gasteiger partial charge in [0.2, 0.25) is 11.8 Å². The molecule has 2 N–H and O–H groups in total. The first-order valence-corrected chi connectivity index (χ1v) is 7.08. The molecule has 2 aromatic heterocycles. The maximum absolute atomic E-state index is 12.7. The molecule has 0 fully saturated rings. The van der Waals surface area contributed by atoms with Crippen molar-refractivity contribution in [3.63, 3.8) is 0 Å². The van der Waals surface area contributed by atoms with Gasteiger partial charge in [0.1, 0.15) is 11.4 Å². The number of pyridine rings is 1. The number of amides is 1. The minimum Gasteiger partial charge on any atom is -0.481 e. The van der Waals surface area contributed by atoms with E-state index in [1.165, 1.54) is 19.1 Å². The lowest BCUT2D eigenvalue weighted by Gasteiger charge is -2.22. The lowest BCUT2D eigenvalue weighted by Crippen LogP contribution is -2.33. The summed E-state index contributed by atoms with van der Waals surface area (Å²) in [6.07, 6.45) is 1.66. The summed E-state index contributed by atoms with van der Waals surface area (Å²) in [5, 5.41) is 9.24. The Kier molecular flexibility index (Phi) is 5.53. The van der Waals surface area contributed by atoms with E-state index in [1.807, 2.05) is 6.92 Å². The number of aromatic amines is 1. The van der Waals surface area contributed by atoms with Crippen molar-refractivity contribution in [2.75, 3.05) is 27.4 Å². The van der Waals surface area contributed by atoms with Gasteiger partial charge in [-0.1, -0.05) is 0 Å². The second-order valence-corrected chi connectivity index (χ2v) is 4.85. The van der Waals surface area contributed by atoms with Crippen LogP contribution < -0.4 is 9.47 Å². The van der Waals surface area contributed by atoms with E-state index in [2.05, 4.69) is 15.0 Å². The van der Waals surface area contributed by atoms with Gasteiger partial charge >= 0.3 is 0 Å². The molecule has 2 aromatic rings. The van der Waals surface area contributed by atoms with Gasteiger partial charge in [-0.15, -0.1) is 0 Å². The van der Waals surface area contributed by atoms with E-state index in [0.29, 0.717) is 18.0 Å². The molecule has 1 amide bonds. The topological polar surface area (TPSA) is 101 Å². The third-order valence-corrected chi connectivity index (χ3v) is 3.24. The van der Waals surface area contributed by atoms with Crippen molar-refractivity contribution < 1.29 is 19.4 Å². The molecule has 0 aliphatic heterocycles. The molecule has 8 nitrogen and oxygen atoms in total. The largest absolute Gasteiger partial charge is 0.481 e. The first-order chi connectivity index (χ1) is 11.1. The second kappa shape index (κ2) is 7.59. The van der Waals surface area contributed by atoms with Crippen LogP contribution in [0.2, 0.25) is 0 Å². The first-order valence-electron chi connectivity index (χ1n) is 7.08. The summed E-state index contributed by atoms with van der Waals surface area (Å²) < 4.78 is 10.2. The molecule has 0 radical (unpaired) electrons. The average molecular weight is 320 g/mol. The molecule has 0 saturated heterocycles. The third-order valence-electron chi connectivity index (χ3n) is 3.24. The Morgan fingerprint density at radius 3 is 2.70 bits per heavy atom. The van der Waals surface area contributed by atoms with E-state index in [-0.39, 0.29) is 24.9 Å². The number of rotatable bonds is 7. The number of nitrogens with zero attached hydrogens (tertiary/aromatic N) is 3. The quantitative estimate of drug-likeness (QED) is 0.781. The van der Waals surface area contributed by atoms with E-state index in [4.69, 9.17) is 9.47 Å². The van der Waals surface area contributed by atoms with Crippen LogP contribution in [0.3, 0.4) is 0 Å². The zero-order valence-corrected chi connectivity index (χ0v) is 13.4. The number of aromatic nitrogens is 3. The lowest BCUT2D eigenvalue weighted by molar-refractivity contribution is 0.0701. The molecule has 23 heavy (non-hydrogen) atoms. The zero-order chi connectivity index (χ0) is 16.8. The molecule has 0 aromatic carbocycles. The number of aliphatic hydroxyl groups excluding tert-OH is 1. The highest BCUT2D eigenvalue weighted by Gasteiger charge is 2.21. The van der Waals surface area contributed by atoms with E-state index in [1.54, 1.807) is 18.3 Å². The SMILES string of the molecule is COc1ccc(C(=O)N(CCO)Cc2cnc(C)[nH]2)c(OC)n1. The van der Waals surface area contributed by atoms with Gasteiger partial charge in [0.05, 0.1) is 39.3 Å². The molecular weight excluding hydrogens is 300 g/mol. The minimum absolute atomic E-state index is 0.148. The van der Waals surface area contributed by atoms with Crippen LogP contribution in [-0.2, 0) is 6.54 Å². The van der Waals surface area contributed by atoms with Crippen molar-refractivity contribution in [1.82, 2.24) is 19.9 Å². The number of carbonyl (C=O) groups is 1. The number of ether oxygens (including phenoxy) is 2. The van der Waals surface area contributed by atoms with Gasteiger partial charge in [-0.3, -0.25) is 4.79 Å². The molecule has 2 heterocycles. The summed E-state index contributed by atoms with van der Waals surface area (Å²) >= 11 is 0. The van der Waals surface area contributed by atoms with E-state index in [9.17, 15) is 9.90 Å². The van der Waals surface area contributed by atoms with Crippen LogP contribution in [-0.4, -0.2) is 58.2 Å². The first kappa shape index (κ1) is 16.8. The van der Waals surface area contributed by atoms with Crippen LogP contribution in [0.1, 0.15) is 21.9 Å². The number of carbonyl (C=O) groups excluding carboxylic acids is 1. The van der Waals surface area contributed by atoms with Crippen LogP contribution in [0.5, 0.6) is 11.8 Å². The molecule has 0 saturated carbocycles. The summed E-state index contributed by atoms with van der Waals surface area (Å²) in [6, 6.07) is 3.18. The number of hydrogen-bond acceptors (Lipinski definition) is 6. The summed E-state index contributed by atoms with van der Waals surface area (Å²) in [5.41, 5.74) is 1.09. The second-order valence-electron chi connectivity index (χ2n) is 4.85. The van der Waals surface area contributed by atoms with Crippen LogP contribution in [0.4, 0.5) is 0 Å². The van der Waals surface area contributed by atoms with Crippen LogP contribution >= 0.6 is 0 Å². The van der Waals surface area contributed by atoms with Crippen LogP contribution in [0.25, 0.3) is 0 Å². The Hall–Kier alpha value is -2.61. The number of hydrogen-bond donors (Lipinski definition) is 2. The molecule has 2 rings (SSSR count). The van der Waals surface area contributed by atoms with Crippen molar-refractivity contribution in [3.8, 4) is 11.8 Å². The van der Waals surface area contributed by atoms with Crippen molar-refractivity contribution in [2.45, 2.75) is 13.5 Å². The van der Waals surface area contributed by atoms with Gasteiger partial charge < -0.3 is 24.5 Å². The zero-order valence-electron chi connectivity index (χ0n) is 13.4. The number of nitrogens with one attached hydrogen (secondary N) is 1. The normalized spacial score (nSPS) is 10.4. The Morgan fingerprint density at radius 2 is 2.13 bits per heavy atom. The van der Waals surface area contributed by atoms with Crippen molar-refractivity contribution >= 4 is 5.91 Å². The number of imidazole rings is 1. The van der Waals surface area contributed by atoms with E-state index >= 15 is 0 Å². The van der Waals surface area contributed by atoms with Crippen molar-refractivity contribution in [3.05, 3.63) is 35.4 Å². The van der Waals surface area contributed by atoms with Gasteiger partial charge in [-0.2, -0.15) is 4.98 Å². The molecule has 124 valence electrons. The highest BCUT2D eigenvalue weighted by atomic mass is 16.5. The summed E-state index contributed by atoms with van der Waals surface area (Å²) in [7, 11) is 2.93. The fraction of sp³-hybridized carbons (Fsp3) is 0.400. The molecule has 0 aliphatic carbocycles. The maximum Gasteiger partial charge on any atom is 0.259 e. The number of methoxy groups -OCH3 is 2. The fourth-order valence-corrected chi connectivity index (χ4v) is 2.16. The number of H-pyrrole nitrogens is 1. The highest BCUT2D eigenvalue weighted by molar-refractivity contribution is 5.96. The molecule has 8 heteroatoms. The fourth-order valence-electron chi connectivity index (χ4n) is 2.16. The third kappa shape index (κ3) is 3.98. The molecular formula is C15H20N4O4. The number of aliphatic hydroxyl groups is 1. The average Bonchev–Trinajstić information content (AvgIpc) is 2.98. The Balaban J connectivity index is 2.26. The van der Waals surface area contributed by atoms with Gasteiger partial charge in [0.25, 0.3) is 5.91 Å². The molecule has 0 atom stereocenters. The summed E-state index contributed by atoms with van der Waals surface area (Å²) in [6.45, 7) is 2.17. The smallest absolute Gasteiger partial charge is 0.259 e. The highest BCUT2D eigenvalue weighted by Crippen LogP contribution is 2.22. The van der Waals surface area contributed by atoms with Crippen molar-refractivity contribution in [2.24, 2.45) is 0 Å². The van der Waals surface area contributed by atoms with Crippen LogP contribution in [0, 0.1) is 6.92 Å². The van der Waals surface area contributed by atoms with Gasteiger partial charge in [-0.05, 0) is 13.0 Å². The van der Waals surface area contributed by atoms with Gasteiger partial charge in [-0.25, -0.2) is 4.98 Å². The van der Waals surface area contributed by atoms with Crippen LogP contribution in [0.15, 0.2) is 18.3 Å². The Bertz CT molecular complexity index is 671. The maximum atomic E-state index is 12.7. The van der Waals surface area contributed by atoms with Gasteiger partial charge in [0, 0.05) is 12.6 Å².